The number of fused-ring (bicyclic) bond motifs is 1. The molecule has 0 fully saturated rings. The number of hydrogen-bond acceptors (Lipinski definition) is 4. The van der Waals surface area contributed by atoms with Gasteiger partial charge in [-0.05, 0) is 30.3 Å². The summed E-state index contributed by atoms with van der Waals surface area (Å²) in [5.41, 5.74) is 1.06. The molecule has 4 rings (SSSR count). The average Bonchev–Trinajstić information content (AvgIpc) is 3.17. The van der Waals surface area contributed by atoms with Crippen molar-refractivity contribution in [1.29, 1.82) is 0 Å². The number of nitrogens with zero attached hydrogens (tertiary/aromatic N) is 3. The van der Waals surface area contributed by atoms with Gasteiger partial charge in [-0.1, -0.05) is 35.5 Å². The van der Waals surface area contributed by atoms with E-state index in [-0.39, 0.29) is 0 Å². The molecule has 0 radical (unpaired) electrons. The summed E-state index contributed by atoms with van der Waals surface area (Å²) in [6.07, 6.45) is 8.41. The molecule has 4 aromatic rings. The van der Waals surface area contributed by atoms with E-state index in [1.54, 1.807) is 24.7 Å². The van der Waals surface area contributed by atoms with Gasteiger partial charge < -0.3 is 4.52 Å². The minimum absolute atomic E-state index is 1.06. The van der Waals surface area contributed by atoms with Crippen LogP contribution in [0.3, 0.4) is 0 Å². The zero-order valence-corrected chi connectivity index (χ0v) is 11.4. The first kappa shape index (κ1) is 14.4. The average molecular weight is 277 g/mol. The monoisotopic (exact) mass is 277 g/mol. The third-order valence-electron chi connectivity index (χ3n) is 2.43. The van der Waals surface area contributed by atoms with Gasteiger partial charge >= 0.3 is 0 Å². The fraction of sp³-hybridized carbons (Fsp3) is 0. The second-order valence-corrected chi connectivity index (χ2v) is 3.91. The molecular weight excluding hydrogens is 262 g/mol. The van der Waals surface area contributed by atoms with Crippen LogP contribution in [0.2, 0.25) is 0 Å². The summed E-state index contributed by atoms with van der Waals surface area (Å²) in [4.78, 5) is 7.97. The van der Waals surface area contributed by atoms with Gasteiger partial charge in [0, 0.05) is 24.0 Å². The van der Waals surface area contributed by atoms with Crippen molar-refractivity contribution in [2.45, 2.75) is 0 Å². The normalized spacial score (nSPS) is 8.95. The molecule has 0 aliphatic rings. The summed E-state index contributed by atoms with van der Waals surface area (Å²) in [5.74, 6) is 0. The lowest BCUT2D eigenvalue weighted by atomic mass is 10.2. The first-order valence-corrected chi connectivity index (χ1v) is 6.46. The minimum atomic E-state index is 1.06. The molecule has 0 aliphatic heterocycles. The van der Waals surface area contributed by atoms with Crippen LogP contribution >= 0.6 is 0 Å². The third kappa shape index (κ3) is 5.65. The van der Waals surface area contributed by atoms with E-state index in [1.807, 2.05) is 48.7 Å². The van der Waals surface area contributed by atoms with E-state index < -0.39 is 0 Å². The van der Waals surface area contributed by atoms with Crippen molar-refractivity contribution in [3.63, 3.8) is 0 Å². The third-order valence-corrected chi connectivity index (χ3v) is 2.43. The van der Waals surface area contributed by atoms with Gasteiger partial charge in [0.25, 0.3) is 0 Å². The maximum Gasteiger partial charge on any atom is 0.123 e. The van der Waals surface area contributed by atoms with Crippen molar-refractivity contribution in [3.05, 3.63) is 91.7 Å². The lowest BCUT2D eigenvalue weighted by Gasteiger charge is -1.91. The SMILES string of the molecule is c1ccc2ncccc2c1.c1ccncc1.c1cnoc1. The number of para-hydroxylation sites is 1. The van der Waals surface area contributed by atoms with Crippen molar-refractivity contribution in [1.82, 2.24) is 15.1 Å². The Hall–Kier alpha value is -3.01. The molecule has 0 bridgehead atoms. The molecule has 0 spiro atoms. The molecule has 4 nitrogen and oxygen atoms in total. The highest BCUT2D eigenvalue weighted by molar-refractivity contribution is 5.77. The lowest BCUT2D eigenvalue weighted by molar-refractivity contribution is 0.420. The maximum atomic E-state index is 4.33. The van der Waals surface area contributed by atoms with Gasteiger partial charge in [-0.15, -0.1) is 0 Å². The quantitative estimate of drug-likeness (QED) is 0.487. The van der Waals surface area contributed by atoms with Crippen molar-refractivity contribution >= 4 is 10.9 Å². The van der Waals surface area contributed by atoms with Gasteiger partial charge in [-0.2, -0.15) is 0 Å². The van der Waals surface area contributed by atoms with E-state index >= 15 is 0 Å². The maximum absolute atomic E-state index is 4.33. The Morgan fingerprint density at radius 2 is 1.48 bits per heavy atom. The molecule has 0 atom stereocenters. The smallest absolute Gasteiger partial charge is 0.123 e. The van der Waals surface area contributed by atoms with E-state index in [1.165, 1.54) is 11.6 Å². The van der Waals surface area contributed by atoms with Crippen molar-refractivity contribution in [2.75, 3.05) is 0 Å². The number of aromatic nitrogens is 3. The highest BCUT2D eigenvalue weighted by atomic mass is 16.5. The molecule has 0 saturated heterocycles. The molecule has 0 saturated carbocycles. The first-order valence-electron chi connectivity index (χ1n) is 6.46. The van der Waals surface area contributed by atoms with Crippen LogP contribution in [-0.4, -0.2) is 15.1 Å². The highest BCUT2D eigenvalue weighted by Gasteiger charge is 1.86. The summed E-state index contributed by atoms with van der Waals surface area (Å²) in [5, 5.41) is 4.55. The van der Waals surface area contributed by atoms with Crippen molar-refractivity contribution in [2.24, 2.45) is 0 Å². The van der Waals surface area contributed by atoms with Crippen LogP contribution in [0, 0.1) is 0 Å². The molecule has 3 heterocycles. The molecule has 0 amide bonds. The van der Waals surface area contributed by atoms with E-state index in [0.29, 0.717) is 0 Å². The van der Waals surface area contributed by atoms with Gasteiger partial charge in [0.1, 0.15) is 6.26 Å². The second kappa shape index (κ2) is 8.98. The fourth-order valence-electron chi connectivity index (χ4n) is 1.50. The van der Waals surface area contributed by atoms with Gasteiger partial charge in [0.15, 0.2) is 0 Å². The highest BCUT2D eigenvalue weighted by Crippen LogP contribution is 2.07. The summed E-state index contributed by atoms with van der Waals surface area (Å²) in [7, 11) is 0. The number of hydrogen-bond donors (Lipinski definition) is 0. The predicted molar refractivity (Wildman–Crippen MR) is 82.5 cm³/mol. The largest absolute Gasteiger partial charge is 0.365 e. The molecule has 1 aromatic carbocycles. The molecule has 0 unspecified atom stereocenters. The Balaban J connectivity index is 0.000000126. The molecule has 104 valence electrons. The summed E-state index contributed by atoms with van der Waals surface area (Å²) < 4.78 is 4.33. The minimum Gasteiger partial charge on any atom is -0.365 e. The van der Waals surface area contributed by atoms with Crippen LogP contribution in [0.25, 0.3) is 10.9 Å². The molecule has 21 heavy (non-hydrogen) atoms. The Labute approximate surface area is 123 Å². The van der Waals surface area contributed by atoms with Crippen LogP contribution in [0.5, 0.6) is 0 Å². The Kier molecular flexibility index (Phi) is 6.16. The lowest BCUT2D eigenvalue weighted by Crippen LogP contribution is -1.73. The van der Waals surface area contributed by atoms with Crippen LogP contribution in [0.4, 0.5) is 0 Å². The molecule has 0 aliphatic carbocycles. The summed E-state index contributed by atoms with van der Waals surface area (Å²) >= 11 is 0. The van der Waals surface area contributed by atoms with Crippen LogP contribution in [0.15, 0.2) is 96.2 Å². The van der Waals surface area contributed by atoms with Gasteiger partial charge in [-0.3, -0.25) is 9.97 Å². The number of benzene rings is 1. The van der Waals surface area contributed by atoms with E-state index in [9.17, 15) is 0 Å². The van der Waals surface area contributed by atoms with Gasteiger partial charge in [-0.25, -0.2) is 0 Å². The molecular formula is C17H15N3O. The fourth-order valence-corrected chi connectivity index (χ4v) is 1.50. The van der Waals surface area contributed by atoms with E-state index in [2.05, 4.69) is 31.8 Å². The van der Waals surface area contributed by atoms with Crippen LogP contribution in [-0.2, 0) is 0 Å². The summed E-state index contributed by atoms with van der Waals surface area (Å²) in [6.45, 7) is 0. The number of pyridine rings is 2. The van der Waals surface area contributed by atoms with Crippen LogP contribution in [0.1, 0.15) is 0 Å². The van der Waals surface area contributed by atoms with Gasteiger partial charge in [0.2, 0.25) is 0 Å². The zero-order chi connectivity index (χ0) is 14.6. The Morgan fingerprint density at radius 3 is 2.00 bits per heavy atom. The van der Waals surface area contributed by atoms with Crippen molar-refractivity contribution < 1.29 is 4.52 Å². The Morgan fingerprint density at radius 1 is 0.667 bits per heavy atom. The molecule has 0 N–H and O–H groups in total. The number of rotatable bonds is 0. The topological polar surface area (TPSA) is 51.8 Å². The van der Waals surface area contributed by atoms with E-state index in [0.717, 1.165) is 5.52 Å². The first-order chi connectivity index (χ1) is 10.5. The second-order valence-electron chi connectivity index (χ2n) is 3.91. The molecule has 4 heteroatoms. The van der Waals surface area contributed by atoms with Crippen molar-refractivity contribution in [3.8, 4) is 0 Å². The molecule has 3 aromatic heterocycles. The van der Waals surface area contributed by atoms with Gasteiger partial charge in [0.05, 0.1) is 11.7 Å². The van der Waals surface area contributed by atoms with E-state index in [4.69, 9.17) is 0 Å². The van der Waals surface area contributed by atoms with Crippen LogP contribution < -0.4 is 0 Å². The Bertz CT molecular complexity index is 603. The predicted octanol–water partition coefficient (Wildman–Crippen LogP) is 3.99. The zero-order valence-electron chi connectivity index (χ0n) is 11.4. The summed E-state index contributed by atoms with van der Waals surface area (Å²) in [6, 6.07) is 19.5. The standard InChI is InChI=1S/C9H7N.C5H5N.C3H3NO/c1-2-6-9-8(4-1)5-3-7-10-9;1-2-4-6-5-3-1;1-2-4-5-3-1/h1-7H;1-5H;1-3H.